The van der Waals surface area contributed by atoms with Gasteiger partial charge in [-0.05, 0) is 25.5 Å². The molecule has 4 nitrogen and oxygen atoms in total. The van der Waals surface area contributed by atoms with Crippen LogP contribution in [0.5, 0.6) is 5.75 Å². The number of fused-ring (bicyclic) bond motifs is 1. The maximum atomic E-state index is 11.5. The summed E-state index contributed by atoms with van der Waals surface area (Å²) < 4.78 is 5.56. The van der Waals surface area contributed by atoms with Gasteiger partial charge in [0, 0.05) is 11.8 Å². The quantitative estimate of drug-likeness (QED) is 0.851. The van der Waals surface area contributed by atoms with Gasteiger partial charge in [0.15, 0.2) is 17.7 Å². The SMILES string of the molecule is Cc1cccc(-c2cnc3c(c2)OC(C)C(=O)N3)c1. The molecule has 0 spiro atoms. The lowest BCUT2D eigenvalue weighted by molar-refractivity contribution is -0.122. The molecule has 0 aliphatic carbocycles. The predicted octanol–water partition coefficient (Wildman–Crippen LogP) is 2.78. The first-order valence-corrected chi connectivity index (χ1v) is 6.18. The number of aryl methyl sites for hydroxylation is 1. The first kappa shape index (κ1) is 11.7. The lowest BCUT2D eigenvalue weighted by Crippen LogP contribution is -2.34. The van der Waals surface area contributed by atoms with Crippen LogP contribution >= 0.6 is 0 Å². The molecule has 0 saturated carbocycles. The summed E-state index contributed by atoms with van der Waals surface area (Å²) in [6.07, 6.45) is 1.26. The first-order chi connectivity index (χ1) is 9.13. The third-order valence-corrected chi connectivity index (χ3v) is 3.12. The van der Waals surface area contributed by atoms with Crippen molar-refractivity contribution in [1.82, 2.24) is 4.98 Å². The summed E-state index contributed by atoms with van der Waals surface area (Å²) in [4.78, 5) is 15.7. The highest BCUT2D eigenvalue weighted by Crippen LogP contribution is 2.32. The number of nitrogens with zero attached hydrogens (tertiary/aromatic N) is 1. The van der Waals surface area contributed by atoms with E-state index in [1.54, 1.807) is 13.1 Å². The topological polar surface area (TPSA) is 51.2 Å². The number of ether oxygens (including phenoxy) is 1. The van der Waals surface area contributed by atoms with Crippen LogP contribution in [-0.2, 0) is 4.79 Å². The van der Waals surface area contributed by atoms with E-state index in [-0.39, 0.29) is 5.91 Å². The molecule has 1 atom stereocenters. The summed E-state index contributed by atoms with van der Waals surface area (Å²) in [6.45, 7) is 3.77. The number of nitrogens with one attached hydrogen (secondary N) is 1. The molecule has 1 aliphatic rings. The van der Waals surface area contributed by atoms with Gasteiger partial charge < -0.3 is 10.1 Å². The zero-order valence-electron chi connectivity index (χ0n) is 10.8. The number of benzene rings is 1. The lowest BCUT2D eigenvalue weighted by atomic mass is 10.0. The lowest BCUT2D eigenvalue weighted by Gasteiger charge is -2.22. The van der Waals surface area contributed by atoms with Crippen molar-refractivity contribution in [2.45, 2.75) is 20.0 Å². The molecule has 1 aromatic heterocycles. The fourth-order valence-electron chi connectivity index (χ4n) is 2.07. The molecule has 2 aromatic rings. The van der Waals surface area contributed by atoms with Crippen LogP contribution in [-0.4, -0.2) is 17.0 Å². The van der Waals surface area contributed by atoms with Crippen LogP contribution < -0.4 is 10.1 Å². The summed E-state index contributed by atoms with van der Waals surface area (Å²) in [6, 6.07) is 10.1. The Balaban J connectivity index is 2.02. The van der Waals surface area contributed by atoms with Gasteiger partial charge in [-0.25, -0.2) is 4.98 Å². The monoisotopic (exact) mass is 254 g/mol. The van der Waals surface area contributed by atoms with Crippen LogP contribution in [0.15, 0.2) is 36.5 Å². The van der Waals surface area contributed by atoms with Gasteiger partial charge in [0.1, 0.15) is 0 Å². The van der Waals surface area contributed by atoms with Crippen LogP contribution in [0.2, 0.25) is 0 Å². The minimum absolute atomic E-state index is 0.164. The van der Waals surface area contributed by atoms with Gasteiger partial charge in [-0.3, -0.25) is 4.79 Å². The van der Waals surface area contributed by atoms with Crippen molar-refractivity contribution < 1.29 is 9.53 Å². The van der Waals surface area contributed by atoms with E-state index < -0.39 is 6.10 Å². The van der Waals surface area contributed by atoms with Crippen LogP contribution in [0.3, 0.4) is 0 Å². The van der Waals surface area contributed by atoms with E-state index in [9.17, 15) is 4.79 Å². The van der Waals surface area contributed by atoms with Gasteiger partial charge in [-0.15, -0.1) is 0 Å². The van der Waals surface area contributed by atoms with E-state index in [1.165, 1.54) is 5.56 Å². The van der Waals surface area contributed by atoms with Crippen molar-refractivity contribution in [2.75, 3.05) is 5.32 Å². The van der Waals surface area contributed by atoms with Crippen LogP contribution in [0.1, 0.15) is 12.5 Å². The Morgan fingerprint density at radius 1 is 1.26 bits per heavy atom. The second-order valence-corrected chi connectivity index (χ2v) is 4.69. The molecule has 4 heteroatoms. The number of aromatic nitrogens is 1. The Hall–Kier alpha value is -2.36. The molecular formula is C15H14N2O2. The van der Waals surface area contributed by atoms with Crippen molar-refractivity contribution in [3.63, 3.8) is 0 Å². The minimum Gasteiger partial charge on any atom is -0.477 e. The summed E-state index contributed by atoms with van der Waals surface area (Å²) in [5, 5.41) is 2.72. The number of carbonyl (C=O) groups is 1. The van der Waals surface area contributed by atoms with Crippen molar-refractivity contribution in [3.8, 4) is 16.9 Å². The zero-order valence-corrected chi connectivity index (χ0v) is 10.8. The van der Waals surface area contributed by atoms with Crippen molar-refractivity contribution >= 4 is 11.7 Å². The number of pyridine rings is 1. The molecule has 0 saturated heterocycles. The maximum Gasteiger partial charge on any atom is 0.266 e. The summed E-state index contributed by atoms with van der Waals surface area (Å²) in [5.41, 5.74) is 3.26. The smallest absolute Gasteiger partial charge is 0.266 e. The van der Waals surface area contributed by atoms with Crippen LogP contribution in [0.25, 0.3) is 11.1 Å². The number of hydrogen-bond acceptors (Lipinski definition) is 3. The number of amides is 1. The molecule has 1 unspecified atom stereocenters. The first-order valence-electron chi connectivity index (χ1n) is 6.18. The summed E-state index contributed by atoms with van der Waals surface area (Å²) >= 11 is 0. The molecule has 0 bridgehead atoms. The summed E-state index contributed by atoms with van der Waals surface area (Å²) in [5.74, 6) is 0.939. The van der Waals surface area contributed by atoms with Crippen LogP contribution in [0.4, 0.5) is 5.82 Å². The average molecular weight is 254 g/mol. The Kier molecular flexibility index (Phi) is 2.71. The number of carbonyl (C=O) groups excluding carboxylic acids is 1. The molecule has 2 heterocycles. The van der Waals surface area contributed by atoms with E-state index in [1.807, 2.05) is 31.2 Å². The second-order valence-electron chi connectivity index (χ2n) is 4.69. The van der Waals surface area contributed by atoms with E-state index in [4.69, 9.17) is 4.74 Å². The Morgan fingerprint density at radius 2 is 2.11 bits per heavy atom. The Bertz CT molecular complexity index is 652. The molecule has 19 heavy (non-hydrogen) atoms. The van der Waals surface area contributed by atoms with Crippen LogP contribution in [0, 0.1) is 6.92 Å². The fraction of sp³-hybridized carbons (Fsp3) is 0.200. The normalized spacial score (nSPS) is 17.4. The number of rotatable bonds is 1. The van der Waals surface area contributed by atoms with E-state index in [0.717, 1.165) is 11.1 Å². The third kappa shape index (κ3) is 2.17. The molecule has 0 fully saturated rings. The Labute approximate surface area is 111 Å². The minimum atomic E-state index is -0.484. The van der Waals surface area contributed by atoms with Gasteiger partial charge in [0.05, 0.1) is 0 Å². The number of hydrogen-bond donors (Lipinski definition) is 1. The molecule has 0 radical (unpaired) electrons. The molecular weight excluding hydrogens is 240 g/mol. The average Bonchev–Trinajstić information content (AvgIpc) is 2.39. The zero-order chi connectivity index (χ0) is 13.4. The highest BCUT2D eigenvalue weighted by Gasteiger charge is 2.24. The third-order valence-electron chi connectivity index (χ3n) is 3.12. The maximum absolute atomic E-state index is 11.5. The van der Waals surface area contributed by atoms with E-state index >= 15 is 0 Å². The standard InChI is InChI=1S/C15H14N2O2/c1-9-4-3-5-11(6-9)12-7-13-14(16-8-12)17-15(18)10(2)19-13/h3-8,10H,1-2H3,(H,16,17,18). The van der Waals surface area contributed by atoms with Crippen molar-refractivity contribution in [3.05, 3.63) is 42.1 Å². The van der Waals surface area contributed by atoms with Gasteiger partial charge in [-0.2, -0.15) is 0 Å². The Morgan fingerprint density at radius 3 is 2.89 bits per heavy atom. The molecule has 1 amide bonds. The van der Waals surface area contributed by atoms with E-state index in [2.05, 4.69) is 16.4 Å². The van der Waals surface area contributed by atoms with Crippen molar-refractivity contribution in [2.24, 2.45) is 0 Å². The predicted molar refractivity (Wildman–Crippen MR) is 73.1 cm³/mol. The molecule has 3 rings (SSSR count). The van der Waals surface area contributed by atoms with Gasteiger partial charge in [0.2, 0.25) is 0 Å². The highest BCUT2D eigenvalue weighted by molar-refractivity contribution is 5.96. The van der Waals surface area contributed by atoms with Gasteiger partial charge in [-0.1, -0.05) is 29.8 Å². The highest BCUT2D eigenvalue weighted by atomic mass is 16.5. The number of anilines is 1. The van der Waals surface area contributed by atoms with E-state index in [0.29, 0.717) is 11.6 Å². The van der Waals surface area contributed by atoms with Crippen molar-refractivity contribution in [1.29, 1.82) is 0 Å². The molecule has 1 N–H and O–H groups in total. The largest absolute Gasteiger partial charge is 0.477 e. The summed E-state index contributed by atoms with van der Waals surface area (Å²) in [7, 11) is 0. The second kappa shape index (κ2) is 4.39. The molecule has 1 aliphatic heterocycles. The molecule has 1 aromatic carbocycles. The fourth-order valence-corrected chi connectivity index (χ4v) is 2.07. The molecule has 96 valence electrons. The van der Waals surface area contributed by atoms with Gasteiger partial charge in [0.25, 0.3) is 5.91 Å². The van der Waals surface area contributed by atoms with Gasteiger partial charge >= 0.3 is 0 Å².